The Morgan fingerprint density at radius 1 is 1.56 bits per heavy atom. The predicted octanol–water partition coefficient (Wildman–Crippen LogP) is 2.87. The van der Waals surface area contributed by atoms with Crippen molar-refractivity contribution < 1.29 is 4.79 Å². The van der Waals surface area contributed by atoms with Crippen LogP contribution in [-0.2, 0) is 0 Å². The average Bonchev–Trinajstić information content (AvgIpc) is 2.39. The number of aromatic nitrogens is 1. The molecular formula is C14H19ClN2O. The Hall–Kier alpha value is -1.09. The highest BCUT2D eigenvalue weighted by molar-refractivity contribution is 6.17. The van der Waals surface area contributed by atoms with Gasteiger partial charge in [-0.1, -0.05) is 0 Å². The van der Waals surface area contributed by atoms with Gasteiger partial charge in [0.15, 0.2) is 0 Å². The van der Waals surface area contributed by atoms with Crippen LogP contribution in [0.15, 0.2) is 18.5 Å². The number of alkyl halides is 1. The summed E-state index contributed by atoms with van der Waals surface area (Å²) in [5, 5.41) is 0. The van der Waals surface area contributed by atoms with Gasteiger partial charge in [-0.2, -0.15) is 0 Å². The number of amides is 1. The molecule has 1 fully saturated rings. The molecule has 0 aliphatic carbocycles. The second-order valence-corrected chi connectivity index (χ2v) is 5.37. The number of piperidine rings is 1. The molecule has 0 saturated carbocycles. The SMILES string of the molecule is Cc1cncc(C(=O)N2CCCC(CCCl)C2)c1. The van der Waals surface area contributed by atoms with Crippen LogP contribution in [-0.4, -0.2) is 34.8 Å². The zero-order valence-electron chi connectivity index (χ0n) is 10.7. The van der Waals surface area contributed by atoms with Gasteiger partial charge in [-0.3, -0.25) is 9.78 Å². The number of carbonyl (C=O) groups is 1. The topological polar surface area (TPSA) is 33.2 Å². The maximum absolute atomic E-state index is 12.4. The van der Waals surface area contributed by atoms with Gasteiger partial charge in [0.2, 0.25) is 0 Å². The van der Waals surface area contributed by atoms with Crippen LogP contribution in [0.25, 0.3) is 0 Å². The van der Waals surface area contributed by atoms with Gasteiger partial charge in [0.1, 0.15) is 0 Å². The van der Waals surface area contributed by atoms with E-state index >= 15 is 0 Å². The number of halogens is 1. The molecule has 1 saturated heterocycles. The van der Waals surface area contributed by atoms with E-state index < -0.39 is 0 Å². The number of nitrogens with zero attached hydrogens (tertiary/aromatic N) is 2. The van der Waals surface area contributed by atoms with Gasteiger partial charge in [0.25, 0.3) is 5.91 Å². The van der Waals surface area contributed by atoms with Crippen molar-refractivity contribution in [2.75, 3.05) is 19.0 Å². The molecule has 0 N–H and O–H groups in total. The van der Waals surface area contributed by atoms with Crippen molar-refractivity contribution >= 4 is 17.5 Å². The smallest absolute Gasteiger partial charge is 0.255 e. The van der Waals surface area contributed by atoms with Crippen LogP contribution in [0.3, 0.4) is 0 Å². The van der Waals surface area contributed by atoms with Crippen LogP contribution in [0.5, 0.6) is 0 Å². The van der Waals surface area contributed by atoms with Crippen LogP contribution >= 0.6 is 11.6 Å². The number of carbonyl (C=O) groups excluding carboxylic acids is 1. The highest BCUT2D eigenvalue weighted by atomic mass is 35.5. The van der Waals surface area contributed by atoms with Crippen LogP contribution in [0, 0.1) is 12.8 Å². The van der Waals surface area contributed by atoms with Gasteiger partial charge in [-0.25, -0.2) is 0 Å². The molecule has 1 amide bonds. The molecule has 3 nitrogen and oxygen atoms in total. The van der Waals surface area contributed by atoms with Gasteiger partial charge in [0, 0.05) is 31.4 Å². The molecule has 1 aliphatic rings. The Bertz CT molecular complexity index is 420. The summed E-state index contributed by atoms with van der Waals surface area (Å²) < 4.78 is 0. The van der Waals surface area contributed by atoms with E-state index in [2.05, 4.69) is 4.98 Å². The number of likely N-dealkylation sites (tertiary alicyclic amines) is 1. The van der Waals surface area contributed by atoms with Crippen LogP contribution in [0.1, 0.15) is 35.2 Å². The predicted molar refractivity (Wildman–Crippen MR) is 72.9 cm³/mol. The molecule has 4 heteroatoms. The van der Waals surface area contributed by atoms with E-state index in [1.807, 2.05) is 17.9 Å². The minimum Gasteiger partial charge on any atom is -0.338 e. The molecule has 0 radical (unpaired) electrons. The van der Waals surface area contributed by atoms with Gasteiger partial charge < -0.3 is 4.90 Å². The third-order valence-electron chi connectivity index (χ3n) is 3.45. The quantitative estimate of drug-likeness (QED) is 0.788. The van der Waals surface area contributed by atoms with Gasteiger partial charge >= 0.3 is 0 Å². The number of aryl methyl sites for hydroxylation is 1. The fourth-order valence-corrected chi connectivity index (χ4v) is 2.80. The van der Waals surface area contributed by atoms with E-state index in [1.165, 1.54) is 6.42 Å². The lowest BCUT2D eigenvalue weighted by Crippen LogP contribution is -2.40. The number of pyridine rings is 1. The van der Waals surface area contributed by atoms with Crippen LogP contribution in [0.4, 0.5) is 0 Å². The largest absolute Gasteiger partial charge is 0.338 e. The van der Waals surface area contributed by atoms with Gasteiger partial charge in [-0.15, -0.1) is 11.6 Å². The lowest BCUT2D eigenvalue weighted by Gasteiger charge is -2.32. The summed E-state index contributed by atoms with van der Waals surface area (Å²) >= 11 is 5.79. The minimum atomic E-state index is 0.102. The Morgan fingerprint density at radius 3 is 3.11 bits per heavy atom. The molecule has 1 aromatic rings. The molecule has 98 valence electrons. The summed E-state index contributed by atoms with van der Waals surface area (Å²) in [4.78, 5) is 18.4. The molecule has 0 spiro atoms. The summed E-state index contributed by atoms with van der Waals surface area (Å²) in [6.45, 7) is 3.64. The molecule has 1 unspecified atom stereocenters. The summed E-state index contributed by atoms with van der Waals surface area (Å²) in [5.41, 5.74) is 1.72. The minimum absolute atomic E-state index is 0.102. The summed E-state index contributed by atoms with van der Waals surface area (Å²) in [7, 11) is 0. The van der Waals surface area contributed by atoms with Crippen molar-refractivity contribution in [1.82, 2.24) is 9.88 Å². The van der Waals surface area contributed by atoms with E-state index in [0.717, 1.165) is 31.5 Å². The van der Waals surface area contributed by atoms with E-state index in [4.69, 9.17) is 11.6 Å². The molecule has 18 heavy (non-hydrogen) atoms. The maximum atomic E-state index is 12.4. The fraction of sp³-hybridized carbons (Fsp3) is 0.571. The summed E-state index contributed by atoms with van der Waals surface area (Å²) in [6, 6.07) is 1.90. The lowest BCUT2D eigenvalue weighted by molar-refractivity contribution is 0.0671. The first kappa shape index (κ1) is 13.3. The Morgan fingerprint density at radius 2 is 2.39 bits per heavy atom. The number of hydrogen-bond acceptors (Lipinski definition) is 2. The van der Waals surface area contributed by atoms with E-state index in [1.54, 1.807) is 12.4 Å². The van der Waals surface area contributed by atoms with E-state index in [0.29, 0.717) is 17.4 Å². The van der Waals surface area contributed by atoms with E-state index in [-0.39, 0.29) is 5.91 Å². The van der Waals surface area contributed by atoms with Crippen LogP contribution in [0.2, 0.25) is 0 Å². The summed E-state index contributed by atoms with van der Waals surface area (Å²) in [6.07, 6.45) is 6.68. The zero-order valence-corrected chi connectivity index (χ0v) is 11.5. The molecule has 1 aliphatic heterocycles. The lowest BCUT2D eigenvalue weighted by atomic mass is 9.95. The third-order valence-corrected chi connectivity index (χ3v) is 3.66. The standard InChI is InChI=1S/C14H19ClN2O/c1-11-7-13(9-16-8-11)14(18)17-6-2-3-12(10-17)4-5-15/h7-9,12H,2-6,10H2,1H3. The Balaban J connectivity index is 2.04. The van der Waals surface area contributed by atoms with E-state index in [9.17, 15) is 4.79 Å². The second kappa shape index (κ2) is 6.19. The zero-order chi connectivity index (χ0) is 13.0. The molecule has 2 heterocycles. The second-order valence-electron chi connectivity index (χ2n) is 4.99. The van der Waals surface area contributed by atoms with Gasteiger partial charge in [0.05, 0.1) is 5.56 Å². The molecule has 2 rings (SSSR count). The van der Waals surface area contributed by atoms with Crippen molar-refractivity contribution in [3.8, 4) is 0 Å². The first-order chi connectivity index (χ1) is 8.70. The third kappa shape index (κ3) is 3.22. The Kier molecular flexibility index (Phi) is 4.59. The molecule has 0 bridgehead atoms. The maximum Gasteiger partial charge on any atom is 0.255 e. The highest BCUT2D eigenvalue weighted by Gasteiger charge is 2.24. The monoisotopic (exact) mass is 266 g/mol. The highest BCUT2D eigenvalue weighted by Crippen LogP contribution is 2.21. The van der Waals surface area contributed by atoms with Crippen molar-refractivity contribution in [2.45, 2.75) is 26.2 Å². The number of hydrogen-bond donors (Lipinski definition) is 0. The summed E-state index contributed by atoms with van der Waals surface area (Å²) in [5.74, 6) is 1.34. The first-order valence-electron chi connectivity index (χ1n) is 6.47. The number of rotatable bonds is 3. The van der Waals surface area contributed by atoms with Crippen LogP contribution < -0.4 is 0 Å². The van der Waals surface area contributed by atoms with Gasteiger partial charge in [-0.05, 0) is 43.7 Å². The molecule has 0 aromatic carbocycles. The normalized spacial score (nSPS) is 19.9. The van der Waals surface area contributed by atoms with Crippen molar-refractivity contribution in [2.24, 2.45) is 5.92 Å². The Labute approximate surface area is 113 Å². The van der Waals surface area contributed by atoms with Crippen molar-refractivity contribution in [1.29, 1.82) is 0 Å². The fourth-order valence-electron chi connectivity index (χ4n) is 2.49. The first-order valence-corrected chi connectivity index (χ1v) is 7.01. The average molecular weight is 267 g/mol. The molecular weight excluding hydrogens is 248 g/mol. The van der Waals surface area contributed by atoms with Crippen molar-refractivity contribution in [3.05, 3.63) is 29.6 Å². The van der Waals surface area contributed by atoms with Crippen molar-refractivity contribution in [3.63, 3.8) is 0 Å². The molecule has 1 aromatic heterocycles. The molecule has 1 atom stereocenters.